The molecule has 4 nitrogen and oxygen atoms in total. The van der Waals surface area contributed by atoms with Gasteiger partial charge in [0.25, 0.3) is 0 Å². The van der Waals surface area contributed by atoms with Crippen LogP contribution in [0.1, 0.15) is 16.7 Å². The number of rotatable bonds is 7. The minimum atomic E-state index is -0.199. The Morgan fingerprint density at radius 3 is 2.22 bits per heavy atom. The van der Waals surface area contributed by atoms with Crippen molar-refractivity contribution >= 4 is 23.5 Å². The Labute approximate surface area is 141 Å². The molecule has 23 heavy (non-hydrogen) atoms. The predicted molar refractivity (Wildman–Crippen MR) is 96.8 cm³/mol. The molecule has 0 bridgehead atoms. The third-order valence-corrected chi connectivity index (χ3v) is 4.05. The summed E-state index contributed by atoms with van der Waals surface area (Å²) >= 11 is 1.77. The maximum Gasteiger partial charge on any atom is 0.319 e. The maximum absolute atomic E-state index is 11.9. The molecule has 2 rings (SSSR count). The van der Waals surface area contributed by atoms with Crippen molar-refractivity contribution in [1.29, 1.82) is 0 Å². The van der Waals surface area contributed by atoms with Gasteiger partial charge in [0.1, 0.15) is 0 Å². The van der Waals surface area contributed by atoms with Crippen molar-refractivity contribution in [3.05, 3.63) is 65.2 Å². The number of hydrogen-bond acceptors (Lipinski definition) is 3. The van der Waals surface area contributed by atoms with Gasteiger partial charge in [-0.25, -0.2) is 4.79 Å². The summed E-state index contributed by atoms with van der Waals surface area (Å²) in [6.45, 7) is 0.617. The average molecular weight is 330 g/mol. The van der Waals surface area contributed by atoms with Gasteiger partial charge in [0.2, 0.25) is 0 Å². The van der Waals surface area contributed by atoms with Gasteiger partial charge in [-0.3, -0.25) is 0 Å². The molecule has 0 radical (unpaired) electrons. The molecule has 0 spiro atoms. The number of carbonyl (C=O) groups excluding carboxylic acids is 1. The SMILES string of the molecule is CSCc1ccc(NC(=O)NCCc2ccc(CO)cc2)cc1. The number of hydrogen-bond donors (Lipinski definition) is 3. The first-order valence-electron chi connectivity index (χ1n) is 7.52. The molecular weight excluding hydrogens is 308 g/mol. The van der Waals surface area contributed by atoms with Gasteiger partial charge in [0.05, 0.1) is 6.61 Å². The lowest BCUT2D eigenvalue weighted by Gasteiger charge is -2.08. The van der Waals surface area contributed by atoms with E-state index in [0.29, 0.717) is 6.54 Å². The third-order valence-electron chi connectivity index (χ3n) is 3.43. The smallest absolute Gasteiger partial charge is 0.319 e. The summed E-state index contributed by atoms with van der Waals surface area (Å²) < 4.78 is 0. The topological polar surface area (TPSA) is 61.4 Å². The van der Waals surface area contributed by atoms with E-state index in [1.807, 2.05) is 48.5 Å². The minimum absolute atomic E-state index is 0.0523. The molecular formula is C18H22N2O2S. The molecule has 2 aromatic carbocycles. The highest BCUT2D eigenvalue weighted by molar-refractivity contribution is 7.97. The van der Waals surface area contributed by atoms with Crippen molar-refractivity contribution in [2.45, 2.75) is 18.8 Å². The fourth-order valence-electron chi connectivity index (χ4n) is 2.16. The monoisotopic (exact) mass is 330 g/mol. The van der Waals surface area contributed by atoms with Gasteiger partial charge >= 0.3 is 6.03 Å². The molecule has 2 aromatic rings. The predicted octanol–water partition coefficient (Wildman–Crippen LogP) is 3.41. The molecule has 0 aliphatic carbocycles. The van der Waals surface area contributed by atoms with Crippen LogP contribution >= 0.6 is 11.8 Å². The van der Waals surface area contributed by atoms with Gasteiger partial charge < -0.3 is 15.7 Å². The van der Waals surface area contributed by atoms with Gasteiger partial charge in [0.15, 0.2) is 0 Å². The summed E-state index contributed by atoms with van der Waals surface area (Å²) in [5.74, 6) is 0.974. The van der Waals surface area contributed by atoms with Crippen molar-refractivity contribution in [1.82, 2.24) is 5.32 Å². The first-order chi connectivity index (χ1) is 11.2. The average Bonchev–Trinajstić information content (AvgIpc) is 2.57. The summed E-state index contributed by atoms with van der Waals surface area (Å²) in [6.07, 6.45) is 2.82. The van der Waals surface area contributed by atoms with E-state index in [1.54, 1.807) is 11.8 Å². The number of amides is 2. The number of benzene rings is 2. The molecule has 0 aliphatic rings. The second-order valence-electron chi connectivity index (χ2n) is 5.24. The fraction of sp³-hybridized carbons (Fsp3) is 0.278. The largest absolute Gasteiger partial charge is 0.392 e. The summed E-state index contributed by atoms with van der Waals surface area (Å²) in [4.78, 5) is 11.9. The second kappa shape index (κ2) is 9.22. The molecule has 5 heteroatoms. The second-order valence-corrected chi connectivity index (χ2v) is 6.10. The quantitative estimate of drug-likeness (QED) is 0.729. The number of anilines is 1. The number of urea groups is 1. The molecule has 0 heterocycles. The van der Waals surface area contributed by atoms with E-state index in [4.69, 9.17) is 5.11 Å². The van der Waals surface area contributed by atoms with E-state index in [9.17, 15) is 4.79 Å². The summed E-state index contributed by atoms with van der Waals surface area (Å²) in [5.41, 5.74) is 4.06. The zero-order chi connectivity index (χ0) is 16.5. The molecule has 0 fully saturated rings. The molecule has 0 unspecified atom stereocenters. The Balaban J connectivity index is 1.73. The van der Waals surface area contributed by atoms with Crippen molar-refractivity contribution in [3.63, 3.8) is 0 Å². The number of carbonyl (C=O) groups is 1. The Bertz CT molecular complexity index is 612. The Kier molecular flexibility index (Phi) is 6.97. The van der Waals surface area contributed by atoms with Crippen LogP contribution in [-0.4, -0.2) is 23.9 Å². The van der Waals surface area contributed by atoms with Gasteiger partial charge in [-0.05, 0) is 41.5 Å². The highest BCUT2D eigenvalue weighted by Gasteiger charge is 2.02. The van der Waals surface area contributed by atoms with E-state index in [2.05, 4.69) is 16.9 Å². The molecule has 122 valence electrons. The van der Waals surface area contributed by atoms with Crippen molar-refractivity contribution in [3.8, 4) is 0 Å². The number of nitrogens with one attached hydrogen (secondary N) is 2. The van der Waals surface area contributed by atoms with Crippen molar-refractivity contribution in [2.75, 3.05) is 18.1 Å². The van der Waals surface area contributed by atoms with Crippen LogP contribution in [0.15, 0.2) is 48.5 Å². The van der Waals surface area contributed by atoms with E-state index in [-0.39, 0.29) is 12.6 Å². The summed E-state index contributed by atoms with van der Waals surface area (Å²) in [6, 6.07) is 15.4. The number of thioether (sulfide) groups is 1. The first-order valence-corrected chi connectivity index (χ1v) is 8.92. The highest BCUT2D eigenvalue weighted by Crippen LogP contribution is 2.13. The number of aliphatic hydroxyl groups excluding tert-OH is 1. The first kappa shape index (κ1) is 17.4. The molecule has 2 amide bonds. The van der Waals surface area contributed by atoms with E-state index in [1.165, 1.54) is 5.56 Å². The minimum Gasteiger partial charge on any atom is -0.392 e. The van der Waals surface area contributed by atoms with Crippen molar-refractivity contribution < 1.29 is 9.90 Å². The van der Waals surface area contributed by atoms with Gasteiger partial charge in [-0.2, -0.15) is 11.8 Å². The highest BCUT2D eigenvalue weighted by atomic mass is 32.2. The van der Waals surface area contributed by atoms with Crippen molar-refractivity contribution in [2.24, 2.45) is 0 Å². The lowest BCUT2D eigenvalue weighted by molar-refractivity contribution is 0.252. The molecule has 0 saturated carbocycles. The fourth-order valence-corrected chi connectivity index (χ4v) is 2.68. The Hall–Kier alpha value is -1.98. The zero-order valence-corrected chi connectivity index (χ0v) is 14.0. The summed E-state index contributed by atoms with van der Waals surface area (Å²) in [7, 11) is 0. The summed E-state index contributed by atoms with van der Waals surface area (Å²) in [5, 5.41) is 14.7. The lowest BCUT2D eigenvalue weighted by Crippen LogP contribution is -2.30. The van der Waals surface area contributed by atoms with Crippen LogP contribution in [0.3, 0.4) is 0 Å². The van der Waals surface area contributed by atoms with Crippen LogP contribution < -0.4 is 10.6 Å². The molecule has 0 aliphatic heterocycles. The molecule has 0 aromatic heterocycles. The van der Waals surface area contributed by atoms with Gasteiger partial charge in [-0.15, -0.1) is 0 Å². The van der Waals surface area contributed by atoms with Crippen LogP contribution in [0.4, 0.5) is 10.5 Å². The number of aliphatic hydroxyl groups is 1. The Morgan fingerprint density at radius 2 is 1.61 bits per heavy atom. The van der Waals surface area contributed by atoms with Crippen LogP contribution in [0, 0.1) is 0 Å². The van der Waals surface area contributed by atoms with E-state index in [0.717, 1.165) is 29.0 Å². The zero-order valence-electron chi connectivity index (χ0n) is 13.2. The third kappa shape index (κ3) is 5.96. The van der Waals surface area contributed by atoms with Crippen LogP contribution in [0.2, 0.25) is 0 Å². The normalized spacial score (nSPS) is 10.3. The van der Waals surface area contributed by atoms with Gasteiger partial charge in [-0.1, -0.05) is 36.4 Å². The van der Waals surface area contributed by atoms with E-state index < -0.39 is 0 Å². The van der Waals surface area contributed by atoms with E-state index >= 15 is 0 Å². The lowest BCUT2D eigenvalue weighted by atomic mass is 10.1. The molecule has 0 atom stereocenters. The van der Waals surface area contributed by atoms with Gasteiger partial charge in [0, 0.05) is 18.0 Å². The van der Waals surface area contributed by atoms with Crippen LogP contribution in [-0.2, 0) is 18.8 Å². The van der Waals surface area contributed by atoms with Crippen LogP contribution in [0.25, 0.3) is 0 Å². The van der Waals surface area contributed by atoms with Crippen LogP contribution in [0.5, 0.6) is 0 Å². The Morgan fingerprint density at radius 1 is 1.00 bits per heavy atom. The maximum atomic E-state index is 11.9. The molecule has 3 N–H and O–H groups in total. The standard InChI is InChI=1S/C18H22N2O2S/c1-23-13-16-6-8-17(9-7-16)20-18(22)19-11-10-14-2-4-15(12-21)5-3-14/h2-9,21H,10-13H2,1H3,(H2,19,20,22). The molecule has 0 saturated heterocycles.